The second kappa shape index (κ2) is 5.47. The fourth-order valence-electron chi connectivity index (χ4n) is 2.12. The summed E-state index contributed by atoms with van der Waals surface area (Å²) in [6, 6.07) is 6.46. The van der Waals surface area contributed by atoms with E-state index < -0.39 is 17.5 Å². The molecule has 0 atom stereocenters. The summed E-state index contributed by atoms with van der Waals surface area (Å²) >= 11 is 0. The number of nitrogens with zero attached hydrogens (tertiary/aromatic N) is 2. The number of pyridine rings is 1. The van der Waals surface area contributed by atoms with Gasteiger partial charge in [0.05, 0.1) is 24.8 Å². The van der Waals surface area contributed by atoms with E-state index in [1.54, 1.807) is 24.5 Å². The summed E-state index contributed by atoms with van der Waals surface area (Å²) in [7, 11) is 0. The molecule has 2 aromatic rings. The van der Waals surface area contributed by atoms with E-state index in [9.17, 15) is 13.6 Å². The number of amides is 1. The predicted octanol–water partition coefficient (Wildman–Crippen LogP) is 2.26. The number of likely N-dealkylation sites (tertiary alicyclic amines) is 1. The molecule has 1 aromatic heterocycles. The first-order valence-corrected chi connectivity index (χ1v) is 6.44. The zero-order chi connectivity index (χ0) is 14.8. The Morgan fingerprint density at radius 2 is 2.10 bits per heavy atom. The van der Waals surface area contributed by atoms with Crippen molar-refractivity contribution in [3.05, 3.63) is 59.9 Å². The van der Waals surface area contributed by atoms with Crippen molar-refractivity contribution in [3.8, 4) is 5.75 Å². The van der Waals surface area contributed by atoms with Crippen LogP contribution in [-0.2, 0) is 0 Å². The van der Waals surface area contributed by atoms with Gasteiger partial charge < -0.3 is 9.64 Å². The third-order valence-corrected chi connectivity index (χ3v) is 3.23. The van der Waals surface area contributed by atoms with Crippen LogP contribution in [0.25, 0.3) is 0 Å². The van der Waals surface area contributed by atoms with Crippen LogP contribution in [0.5, 0.6) is 5.75 Å². The third-order valence-electron chi connectivity index (χ3n) is 3.23. The average Bonchev–Trinajstić information content (AvgIpc) is 2.43. The standard InChI is InChI=1S/C15H12F2N2O2/c16-10-3-4-13(14(17)6-10)15(20)19-8-12(9-19)21-11-2-1-5-18-7-11/h1-7,12H,8-9H2. The molecule has 21 heavy (non-hydrogen) atoms. The Hall–Kier alpha value is -2.50. The number of aromatic nitrogens is 1. The Morgan fingerprint density at radius 3 is 2.76 bits per heavy atom. The van der Waals surface area contributed by atoms with Crippen LogP contribution in [0, 0.1) is 11.6 Å². The minimum absolute atomic E-state index is 0.128. The Kier molecular flexibility index (Phi) is 3.51. The Balaban J connectivity index is 1.59. The zero-order valence-corrected chi connectivity index (χ0v) is 11.0. The van der Waals surface area contributed by atoms with Crippen LogP contribution in [0.1, 0.15) is 10.4 Å². The molecule has 3 rings (SSSR count). The highest BCUT2D eigenvalue weighted by Gasteiger charge is 2.33. The summed E-state index contributed by atoms with van der Waals surface area (Å²) in [6.07, 6.45) is 3.09. The maximum atomic E-state index is 13.5. The summed E-state index contributed by atoms with van der Waals surface area (Å²) in [5.41, 5.74) is -0.128. The minimum Gasteiger partial charge on any atom is -0.485 e. The van der Waals surface area contributed by atoms with Crippen LogP contribution < -0.4 is 4.74 Å². The monoisotopic (exact) mass is 290 g/mol. The fourth-order valence-corrected chi connectivity index (χ4v) is 2.12. The lowest BCUT2D eigenvalue weighted by Gasteiger charge is -2.38. The third kappa shape index (κ3) is 2.84. The molecule has 1 amide bonds. The number of rotatable bonds is 3. The van der Waals surface area contributed by atoms with Crippen LogP contribution in [0.2, 0.25) is 0 Å². The van der Waals surface area contributed by atoms with Crippen LogP contribution in [0.15, 0.2) is 42.7 Å². The molecule has 1 saturated heterocycles. The highest BCUT2D eigenvalue weighted by atomic mass is 19.1. The number of halogens is 2. The van der Waals surface area contributed by atoms with Gasteiger partial charge in [0.2, 0.25) is 0 Å². The molecule has 1 fully saturated rings. The largest absolute Gasteiger partial charge is 0.485 e. The molecule has 1 aliphatic rings. The number of benzene rings is 1. The number of carbonyl (C=O) groups is 1. The molecular weight excluding hydrogens is 278 g/mol. The topological polar surface area (TPSA) is 42.4 Å². The van der Waals surface area contributed by atoms with Crippen molar-refractivity contribution in [1.29, 1.82) is 0 Å². The van der Waals surface area contributed by atoms with Crippen LogP contribution in [0.3, 0.4) is 0 Å². The van der Waals surface area contributed by atoms with Crippen molar-refractivity contribution in [3.63, 3.8) is 0 Å². The Labute approximate surface area is 120 Å². The molecule has 0 unspecified atom stereocenters. The van der Waals surface area contributed by atoms with Gasteiger partial charge in [0.15, 0.2) is 0 Å². The van der Waals surface area contributed by atoms with E-state index in [1.165, 1.54) is 4.90 Å². The molecule has 0 spiro atoms. The van der Waals surface area contributed by atoms with Gasteiger partial charge in [-0.3, -0.25) is 9.78 Å². The van der Waals surface area contributed by atoms with Gasteiger partial charge in [0.1, 0.15) is 23.5 Å². The SMILES string of the molecule is O=C(c1ccc(F)cc1F)N1CC(Oc2cccnc2)C1. The van der Waals surface area contributed by atoms with Crippen molar-refractivity contribution in [1.82, 2.24) is 9.88 Å². The summed E-state index contributed by atoms with van der Waals surface area (Å²) < 4.78 is 32.0. The number of hydrogen-bond acceptors (Lipinski definition) is 3. The molecule has 0 saturated carbocycles. The van der Waals surface area contributed by atoms with Crippen molar-refractivity contribution >= 4 is 5.91 Å². The molecular formula is C15H12F2N2O2. The summed E-state index contributed by atoms with van der Waals surface area (Å²) in [4.78, 5) is 17.4. The number of ether oxygens (including phenoxy) is 1. The van der Waals surface area contributed by atoms with Crippen molar-refractivity contribution in [2.45, 2.75) is 6.10 Å². The van der Waals surface area contributed by atoms with Gasteiger partial charge in [0, 0.05) is 12.3 Å². The minimum atomic E-state index is -0.850. The van der Waals surface area contributed by atoms with Gasteiger partial charge in [0.25, 0.3) is 5.91 Å². The molecule has 108 valence electrons. The van der Waals surface area contributed by atoms with Crippen molar-refractivity contribution < 1.29 is 18.3 Å². The Morgan fingerprint density at radius 1 is 1.29 bits per heavy atom. The highest BCUT2D eigenvalue weighted by Crippen LogP contribution is 2.20. The molecule has 0 N–H and O–H groups in total. The van der Waals surface area contributed by atoms with Crippen molar-refractivity contribution in [2.75, 3.05) is 13.1 Å². The first-order chi connectivity index (χ1) is 10.1. The summed E-state index contributed by atoms with van der Waals surface area (Å²) in [5, 5.41) is 0. The molecule has 1 aromatic carbocycles. The molecule has 0 bridgehead atoms. The van der Waals surface area contributed by atoms with Gasteiger partial charge >= 0.3 is 0 Å². The van der Waals surface area contributed by atoms with E-state index in [4.69, 9.17) is 4.74 Å². The molecule has 0 aliphatic carbocycles. The molecule has 1 aliphatic heterocycles. The molecule has 4 nitrogen and oxygen atoms in total. The summed E-state index contributed by atoms with van der Waals surface area (Å²) in [5.74, 6) is -1.39. The van der Waals surface area contributed by atoms with E-state index >= 15 is 0 Å². The average molecular weight is 290 g/mol. The summed E-state index contributed by atoms with van der Waals surface area (Å²) in [6.45, 7) is 0.731. The van der Waals surface area contributed by atoms with E-state index in [2.05, 4.69) is 4.98 Å². The first kappa shape index (κ1) is 13.5. The van der Waals surface area contributed by atoms with Crippen LogP contribution in [0.4, 0.5) is 8.78 Å². The lowest BCUT2D eigenvalue weighted by Crippen LogP contribution is -2.56. The van der Waals surface area contributed by atoms with E-state index in [1.807, 2.05) is 0 Å². The van der Waals surface area contributed by atoms with Gasteiger partial charge in [-0.15, -0.1) is 0 Å². The maximum absolute atomic E-state index is 13.5. The van der Waals surface area contributed by atoms with Gasteiger partial charge in [-0.1, -0.05) is 0 Å². The van der Waals surface area contributed by atoms with Crippen LogP contribution >= 0.6 is 0 Å². The fraction of sp³-hybridized carbons (Fsp3) is 0.200. The van der Waals surface area contributed by atoms with Gasteiger partial charge in [-0.2, -0.15) is 0 Å². The van der Waals surface area contributed by atoms with E-state index in [0.717, 1.165) is 12.1 Å². The lowest BCUT2D eigenvalue weighted by molar-refractivity contribution is 0.0173. The van der Waals surface area contributed by atoms with Gasteiger partial charge in [-0.05, 0) is 24.3 Å². The predicted molar refractivity (Wildman–Crippen MR) is 70.9 cm³/mol. The van der Waals surface area contributed by atoms with E-state index in [0.29, 0.717) is 24.9 Å². The Bertz CT molecular complexity index is 658. The van der Waals surface area contributed by atoms with Crippen molar-refractivity contribution in [2.24, 2.45) is 0 Å². The number of hydrogen-bond donors (Lipinski definition) is 0. The molecule has 0 radical (unpaired) electrons. The van der Waals surface area contributed by atoms with Crippen LogP contribution in [-0.4, -0.2) is 35.0 Å². The highest BCUT2D eigenvalue weighted by molar-refractivity contribution is 5.95. The van der Waals surface area contributed by atoms with E-state index in [-0.39, 0.29) is 11.7 Å². The lowest BCUT2D eigenvalue weighted by atomic mass is 10.1. The zero-order valence-electron chi connectivity index (χ0n) is 11.0. The second-order valence-corrected chi connectivity index (χ2v) is 4.76. The molecule has 2 heterocycles. The quantitative estimate of drug-likeness (QED) is 0.871. The normalized spacial score (nSPS) is 14.7. The second-order valence-electron chi connectivity index (χ2n) is 4.76. The number of carbonyl (C=O) groups excluding carboxylic acids is 1. The van der Waals surface area contributed by atoms with Gasteiger partial charge in [-0.25, -0.2) is 8.78 Å². The first-order valence-electron chi connectivity index (χ1n) is 6.44. The smallest absolute Gasteiger partial charge is 0.257 e. The molecule has 6 heteroatoms. The maximum Gasteiger partial charge on any atom is 0.257 e.